The maximum atomic E-state index is 14.1. The number of ether oxygens (including phenoxy) is 1. The van der Waals surface area contributed by atoms with E-state index in [9.17, 15) is 29.1 Å². The number of benzene rings is 3. The fraction of sp³-hybridized carbons (Fsp3) is 0.294. The predicted octanol–water partition coefficient (Wildman–Crippen LogP) is 4.46. The lowest BCUT2D eigenvalue weighted by molar-refractivity contribution is -0.122. The molecule has 220 valence electrons. The summed E-state index contributed by atoms with van der Waals surface area (Å²) in [4.78, 5) is 28.7. The predicted molar refractivity (Wildman–Crippen MR) is 163 cm³/mol. The van der Waals surface area contributed by atoms with Gasteiger partial charge in [0.1, 0.15) is 0 Å². The van der Waals surface area contributed by atoms with E-state index < -0.39 is 30.5 Å². The molecule has 0 unspecified atom stereocenters. The molecule has 0 radical (unpaired) electrons. The summed E-state index contributed by atoms with van der Waals surface area (Å²) in [5, 5.41) is 28.9. The summed E-state index contributed by atoms with van der Waals surface area (Å²) < 4.78 is 20.5. The minimum Gasteiger partial charge on any atom is -0.505 e. The number of rotatable bonds is 8. The van der Waals surface area contributed by atoms with Crippen LogP contribution in [0.15, 0.2) is 83.9 Å². The molecule has 3 aliphatic rings. The molecular weight excluding hydrogens is 548 g/mol. The molecule has 3 aromatic rings. The van der Waals surface area contributed by atoms with Crippen molar-refractivity contribution in [3.63, 3.8) is 0 Å². The number of hydrogen-bond acceptors (Lipinski definition) is 6. The van der Waals surface area contributed by atoms with Crippen LogP contribution in [0, 0.1) is 23.6 Å². The number of allylic oxidation sites excluding steroid dienone is 2. The number of hydrogen-bond donors (Lipinski definition) is 3. The van der Waals surface area contributed by atoms with Crippen LogP contribution in [0.25, 0.3) is 11.6 Å². The Morgan fingerprint density at radius 3 is 2.53 bits per heavy atom. The molecule has 2 fully saturated rings. The molecule has 0 bridgehead atoms. The Morgan fingerprint density at radius 2 is 1.81 bits per heavy atom. The monoisotopic (exact) mass is 581 g/mol. The standard InChI is InChI=1S/C34H33BFNO6/c1-2-21-17-26-32(34(40)37(33(26)39)25-10-6-9-24(18-25)35(41)42)27-19-43-30(31(21)27)14-12-23(22-7-4-3-5-8-22)15-20-11-13-29(38)28(36)16-20/h3-11,13,15-16,18,26-27,30,32,38,41-42H,2,12,14,17,19H2,1H3/b23-15-/t26-,27+,30-,32-/m1/s1. The Hall–Kier alpha value is -4.05. The number of phenolic OH excluding ortho intramolecular Hbond substituents is 1. The van der Waals surface area contributed by atoms with Gasteiger partial charge >= 0.3 is 7.12 Å². The lowest BCUT2D eigenvalue weighted by atomic mass is 9.69. The second-order valence-electron chi connectivity index (χ2n) is 11.4. The largest absolute Gasteiger partial charge is 0.505 e. The van der Waals surface area contributed by atoms with E-state index in [1.807, 2.05) is 36.4 Å². The van der Waals surface area contributed by atoms with E-state index in [0.717, 1.165) is 28.7 Å². The number of carbonyl (C=O) groups excluding carboxylic acids is 2. The van der Waals surface area contributed by atoms with E-state index in [1.54, 1.807) is 18.2 Å². The zero-order valence-electron chi connectivity index (χ0n) is 23.8. The van der Waals surface area contributed by atoms with E-state index in [-0.39, 0.29) is 29.3 Å². The van der Waals surface area contributed by atoms with Gasteiger partial charge in [-0.1, -0.05) is 67.1 Å². The Bertz CT molecular complexity index is 1620. The van der Waals surface area contributed by atoms with Crippen LogP contribution in [-0.2, 0) is 14.3 Å². The lowest BCUT2D eigenvalue weighted by Gasteiger charge is -2.31. The van der Waals surface area contributed by atoms with Crippen molar-refractivity contribution in [3.05, 3.63) is 101 Å². The van der Waals surface area contributed by atoms with Crippen molar-refractivity contribution in [1.82, 2.24) is 0 Å². The summed E-state index contributed by atoms with van der Waals surface area (Å²) >= 11 is 0. The Labute approximate surface area is 250 Å². The Kier molecular flexibility index (Phi) is 8.05. The normalized spacial score (nSPS) is 23.5. The molecule has 0 aromatic heterocycles. The molecule has 3 aromatic carbocycles. The van der Waals surface area contributed by atoms with Gasteiger partial charge in [0.25, 0.3) is 0 Å². The topological polar surface area (TPSA) is 107 Å². The van der Waals surface area contributed by atoms with E-state index >= 15 is 0 Å². The average Bonchev–Trinajstić information content (AvgIpc) is 3.55. The zero-order valence-corrected chi connectivity index (χ0v) is 23.8. The number of phenols is 1. The van der Waals surface area contributed by atoms with Crippen molar-refractivity contribution >= 4 is 41.7 Å². The SMILES string of the molecule is CCC1=C2[C@@H](CC/C(=C/c3ccc(O)c(F)c3)c3ccccc3)OC[C@@H]2[C@@H]2C(=O)N(c3cccc(B(O)O)c3)C(=O)[C@@H]2C1. The van der Waals surface area contributed by atoms with Crippen molar-refractivity contribution in [1.29, 1.82) is 0 Å². The number of anilines is 1. The first-order valence-electron chi connectivity index (χ1n) is 14.7. The molecule has 1 aliphatic carbocycles. The summed E-state index contributed by atoms with van der Waals surface area (Å²) in [7, 11) is -1.71. The van der Waals surface area contributed by atoms with Crippen LogP contribution in [0.4, 0.5) is 10.1 Å². The van der Waals surface area contributed by atoms with E-state index in [4.69, 9.17) is 4.74 Å². The Balaban J connectivity index is 1.26. The van der Waals surface area contributed by atoms with Gasteiger partial charge in [-0.2, -0.15) is 0 Å². The first-order valence-corrected chi connectivity index (χ1v) is 14.7. The molecule has 4 atom stereocenters. The third-order valence-electron chi connectivity index (χ3n) is 8.99. The molecule has 9 heteroatoms. The van der Waals surface area contributed by atoms with Gasteiger partial charge < -0.3 is 19.9 Å². The van der Waals surface area contributed by atoms with Crippen molar-refractivity contribution in [2.24, 2.45) is 17.8 Å². The maximum Gasteiger partial charge on any atom is 0.488 e. The molecule has 6 rings (SSSR count). The second-order valence-corrected chi connectivity index (χ2v) is 11.4. The third kappa shape index (κ3) is 5.44. The van der Waals surface area contributed by atoms with Crippen LogP contribution in [0.3, 0.4) is 0 Å². The van der Waals surface area contributed by atoms with E-state index in [1.165, 1.54) is 29.2 Å². The lowest BCUT2D eigenvalue weighted by Crippen LogP contribution is -2.35. The van der Waals surface area contributed by atoms with Gasteiger partial charge in [0.2, 0.25) is 11.8 Å². The van der Waals surface area contributed by atoms with Gasteiger partial charge in [0.05, 0.1) is 30.2 Å². The number of fused-ring (bicyclic) bond motifs is 3. The van der Waals surface area contributed by atoms with Gasteiger partial charge in [-0.05, 0) is 77.7 Å². The highest BCUT2D eigenvalue weighted by Crippen LogP contribution is 2.51. The van der Waals surface area contributed by atoms with Gasteiger partial charge in [-0.15, -0.1) is 0 Å². The first-order chi connectivity index (χ1) is 20.8. The van der Waals surface area contributed by atoms with Crippen LogP contribution in [0.2, 0.25) is 0 Å². The smallest absolute Gasteiger partial charge is 0.488 e. The molecule has 2 heterocycles. The minimum atomic E-state index is -1.71. The highest BCUT2D eigenvalue weighted by molar-refractivity contribution is 6.58. The van der Waals surface area contributed by atoms with E-state index in [0.29, 0.717) is 37.1 Å². The van der Waals surface area contributed by atoms with E-state index in [2.05, 4.69) is 6.92 Å². The molecule has 2 aliphatic heterocycles. The highest BCUT2D eigenvalue weighted by Gasteiger charge is 2.57. The molecule has 0 saturated carbocycles. The molecule has 7 nitrogen and oxygen atoms in total. The molecule has 43 heavy (non-hydrogen) atoms. The molecule has 2 amide bonds. The van der Waals surface area contributed by atoms with Gasteiger partial charge in [-0.3, -0.25) is 14.5 Å². The number of amides is 2. The fourth-order valence-corrected chi connectivity index (χ4v) is 6.94. The van der Waals surface area contributed by atoms with Crippen LogP contribution < -0.4 is 10.4 Å². The van der Waals surface area contributed by atoms with Crippen LogP contribution >= 0.6 is 0 Å². The summed E-state index contributed by atoms with van der Waals surface area (Å²) in [5.74, 6) is -2.83. The van der Waals surface area contributed by atoms with Crippen LogP contribution in [-0.4, -0.2) is 46.8 Å². The van der Waals surface area contributed by atoms with Crippen molar-refractivity contribution in [2.75, 3.05) is 11.5 Å². The van der Waals surface area contributed by atoms with Crippen LogP contribution in [0.5, 0.6) is 5.75 Å². The zero-order chi connectivity index (χ0) is 30.2. The van der Waals surface area contributed by atoms with Crippen molar-refractivity contribution in [3.8, 4) is 5.75 Å². The van der Waals surface area contributed by atoms with Crippen molar-refractivity contribution in [2.45, 2.75) is 38.7 Å². The molecular formula is C34H33BFNO6. The number of imide groups is 1. The molecule has 2 saturated heterocycles. The minimum absolute atomic E-state index is 0.206. The first kappa shape index (κ1) is 29.0. The maximum absolute atomic E-state index is 14.1. The quantitative estimate of drug-likeness (QED) is 0.157. The van der Waals surface area contributed by atoms with Gasteiger partial charge in [0.15, 0.2) is 11.6 Å². The van der Waals surface area contributed by atoms with Crippen molar-refractivity contribution < 1.29 is 33.9 Å². The number of halogens is 1. The average molecular weight is 581 g/mol. The Morgan fingerprint density at radius 1 is 1.02 bits per heavy atom. The van der Waals surface area contributed by atoms with Gasteiger partial charge in [0, 0.05) is 5.92 Å². The summed E-state index contributed by atoms with van der Waals surface area (Å²) in [6.45, 7) is 2.41. The highest BCUT2D eigenvalue weighted by atomic mass is 19.1. The molecule has 0 spiro atoms. The molecule has 3 N–H and O–H groups in total. The fourth-order valence-electron chi connectivity index (χ4n) is 6.94. The number of nitrogens with zero attached hydrogens (tertiary/aromatic N) is 1. The summed E-state index contributed by atoms with van der Waals surface area (Å²) in [5.41, 5.74) is 5.46. The van der Waals surface area contributed by atoms with Crippen LogP contribution in [0.1, 0.15) is 43.7 Å². The van der Waals surface area contributed by atoms with Gasteiger partial charge in [-0.25, -0.2) is 4.39 Å². The second kappa shape index (κ2) is 11.9. The summed E-state index contributed by atoms with van der Waals surface area (Å²) in [6, 6.07) is 20.4. The third-order valence-corrected chi connectivity index (χ3v) is 8.99. The number of carbonyl (C=O) groups is 2. The summed E-state index contributed by atoms with van der Waals surface area (Å²) in [6.07, 6.45) is 4.23. The number of aromatic hydroxyl groups is 1.